The highest BCUT2D eigenvalue weighted by Crippen LogP contribution is 2.22. The van der Waals surface area contributed by atoms with Gasteiger partial charge in [0, 0.05) is 10.5 Å². The summed E-state index contributed by atoms with van der Waals surface area (Å²) >= 11 is 3.38. The van der Waals surface area contributed by atoms with Crippen LogP contribution in [0.15, 0.2) is 58.1 Å². The van der Waals surface area contributed by atoms with E-state index in [0.717, 1.165) is 21.3 Å². The van der Waals surface area contributed by atoms with E-state index in [0.29, 0.717) is 6.42 Å². The van der Waals surface area contributed by atoms with Gasteiger partial charge in [0.05, 0.1) is 5.71 Å². The van der Waals surface area contributed by atoms with Crippen LogP contribution in [0.4, 0.5) is 4.39 Å². The lowest BCUT2D eigenvalue weighted by molar-refractivity contribution is -0.122. The van der Waals surface area contributed by atoms with Crippen molar-refractivity contribution in [3.05, 3.63) is 69.9 Å². The number of nitrogens with one attached hydrogen (secondary N) is 3. The number of amides is 1. The second-order valence-corrected chi connectivity index (χ2v) is 6.78. The Bertz CT molecular complexity index is 777. The van der Waals surface area contributed by atoms with Crippen LogP contribution < -0.4 is 16.3 Å². The molecule has 0 aromatic heterocycles. The van der Waals surface area contributed by atoms with Gasteiger partial charge in [-0.2, -0.15) is 5.10 Å². The van der Waals surface area contributed by atoms with Crippen LogP contribution in [-0.2, 0) is 4.79 Å². The maximum atomic E-state index is 13.0. The first-order valence-corrected chi connectivity index (χ1v) is 8.69. The molecule has 130 valence electrons. The van der Waals surface area contributed by atoms with E-state index >= 15 is 0 Å². The number of nitrogens with zero attached hydrogens (tertiary/aromatic N) is 1. The molecular weight excluding hydrogens is 387 g/mol. The van der Waals surface area contributed by atoms with Crippen molar-refractivity contribution in [2.45, 2.75) is 25.4 Å². The van der Waals surface area contributed by atoms with Crippen molar-refractivity contribution >= 4 is 27.5 Å². The number of hydrazone groups is 1. The van der Waals surface area contributed by atoms with Gasteiger partial charge >= 0.3 is 0 Å². The van der Waals surface area contributed by atoms with E-state index in [2.05, 4.69) is 37.3 Å². The molecule has 1 saturated heterocycles. The molecule has 0 aliphatic carbocycles. The molecule has 1 aliphatic heterocycles. The molecule has 1 aliphatic rings. The van der Waals surface area contributed by atoms with Gasteiger partial charge in [-0.25, -0.2) is 20.7 Å². The summed E-state index contributed by atoms with van der Waals surface area (Å²) in [6, 6.07) is 13.5. The molecule has 0 radical (unpaired) electrons. The zero-order valence-electron chi connectivity index (χ0n) is 13.6. The monoisotopic (exact) mass is 404 g/mol. The Hall–Kier alpha value is -2.09. The number of hydrazine groups is 1. The number of halogens is 2. The summed E-state index contributed by atoms with van der Waals surface area (Å²) in [6.07, 6.45) is 0.560. The third-order valence-corrected chi connectivity index (χ3v) is 4.62. The van der Waals surface area contributed by atoms with Gasteiger partial charge in [0.1, 0.15) is 11.9 Å². The van der Waals surface area contributed by atoms with Gasteiger partial charge in [-0.3, -0.25) is 4.79 Å². The maximum Gasteiger partial charge on any atom is 0.258 e. The van der Waals surface area contributed by atoms with E-state index in [1.807, 2.05) is 31.2 Å². The lowest BCUT2D eigenvalue weighted by Crippen LogP contribution is -2.41. The molecule has 3 rings (SSSR count). The fourth-order valence-corrected chi connectivity index (χ4v) is 2.88. The standard InChI is InChI=1S/C18H18BrFN4O/c1-11(12-2-6-14(19)7-3-12)21-24-18(25)17-10-16(22-23-17)13-4-8-15(20)9-5-13/h2-9,16-17,22-23H,10H2,1H3,(H,24,25)/b21-11-. The Balaban J connectivity index is 1.57. The Labute approximate surface area is 153 Å². The summed E-state index contributed by atoms with van der Waals surface area (Å²) < 4.78 is 14.0. The number of carbonyl (C=O) groups is 1. The van der Waals surface area contributed by atoms with E-state index in [-0.39, 0.29) is 17.8 Å². The highest BCUT2D eigenvalue weighted by atomic mass is 79.9. The fourth-order valence-electron chi connectivity index (χ4n) is 2.61. The number of hydrogen-bond acceptors (Lipinski definition) is 4. The average molecular weight is 405 g/mol. The van der Waals surface area contributed by atoms with Crippen LogP contribution in [0, 0.1) is 5.82 Å². The molecule has 2 atom stereocenters. The molecule has 2 aromatic carbocycles. The van der Waals surface area contributed by atoms with E-state index in [1.54, 1.807) is 12.1 Å². The molecule has 0 saturated carbocycles. The van der Waals surface area contributed by atoms with Crippen LogP contribution in [0.5, 0.6) is 0 Å². The molecular formula is C18H18BrFN4O. The van der Waals surface area contributed by atoms with E-state index in [4.69, 9.17) is 0 Å². The third kappa shape index (κ3) is 4.50. The molecule has 3 N–H and O–H groups in total. The Morgan fingerprint density at radius 1 is 1.16 bits per heavy atom. The van der Waals surface area contributed by atoms with Crippen molar-refractivity contribution in [2.24, 2.45) is 5.10 Å². The molecule has 7 heteroatoms. The summed E-state index contributed by atoms with van der Waals surface area (Å²) in [5.74, 6) is -0.490. The van der Waals surface area contributed by atoms with E-state index in [1.165, 1.54) is 12.1 Å². The zero-order valence-corrected chi connectivity index (χ0v) is 15.2. The third-order valence-electron chi connectivity index (χ3n) is 4.09. The number of rotatable bonds is 4. The van der Waals surface area contributed by atoms with Crippen molar-refractivity contribution in [2.75, 3.05) is 0 Å². The average Bonchev–Trinajstić information content (AvgIpc) is 3.11. The van der Waals surface area contributed by atoms with Crippen LogP contribution in [0.25, 0.3) is 0 Å². The summed E-state index contributed by atoms with van der Waals surface area (Å²) in [6.45, 7) is 1.84. The van der Waals surface area contributed by atoms with Gasteiger partial charge in [-0.1, -0.05) is 40.2 Å². The summed E-state index contributed by atoms with van der Waals surface area (Å²) in [4.78, 5) is 12.3. The molecule has 1 fully saturated rings. The Kier molecular flexibility index (Phi) is 5.57. The van der Waals surface area contributed by atoms with Crippen LogP contribution in [0.1, 0.15) is 30.5 Å². The topological polar surface area (TPSA) is 65.5 Å². The fraction of sp³-hybridized carbons (Fsp3) is 0.222. The van der Waals surface area contributed by atoms with Gasteiger partial charge in [-0.15, -0.1) is 0 Å². The second kappa shape index (κ2) is 7.86. The highest BCUT2D eigenvalue weighted by Gasteiger charge is 2.30. The van der Waals surface area contributed by atoms with Crippen molar-refractivity contribution in [3.63, 3.8) is 0 Å². The predicted octanol–water partition coefficient (Wildman–Crippen LogP) is 3.04. The van der Waals surface area contributed by atoms with Crippen LogP contribution >= 0.6 is 15.9 Å². The number of hydrogen-bond donors (Lipinski definition) is 3. The minimum atomic E-state index is -0.406. The quantitative estimate of drug-likeness (QED) is 0.541. The normalized spacial score (nSPS) is 20.5. The number of benzene rings is 2. The second-order valence-electron chi connectivity index (χ2n) is 5.86. The first kappa shape index (κ1) is 17.7. The lowest BCUT2D eigenvalue weighted by atomic mass is 10.0. The smallest absolute Gasteiger partial charge is 0.258 e. The Morgan fingerprint density at radius 2 is 1.84 bits per heavy atom. The van der Waals surface area contributed by atoms with Gasteiger partial charge in [-0.05, 0) is 48.7 Å². The van der Waals surface area contributed by atoms with E-state index in [9.17, 15) is 9.18 Å². The van der Waals surface area contributed by atoms with Gasteiger partial charge in [0.25, 0.3) is 5.91 Å². The first-order valence-electron chi connectivity index (χ1n) is 7.89. The largest absolute Gasteiger partial charge is 0.271 e. The van der Waals surface area contributed by atoms with Gasteiger partial charge in [0.2, 0.25) is 0 Å². The first-order chi connectivity index (χ1) is 12.0. The minimum absolute atomic E-state index is 0.0482. The molecule has 0 bridgehead atoms. The molecule has 2 aromatic rings. The molecule has 0 spiro atoms. The molecule has 5 nitrogen and oxygen atoms in total. The Morgan fingerprint density at radius 3 is 2.52 bits per heavy atom. The van der Waals surface area contributed by atoms with Crippen LogP contribution in [0.2, 0.25) is 0 Å². The maximum absolute atomic E-state index is 13.0. The van der Waals surface area contributed by atoms with Crippen molar-refractivity contribution in [1.29, 1.82) is 0 Å². The molecule has 25 heavy (non-hydrogen) atoms. The molecule has 1 heterocycles. The summed E-state index contributed by atoms with van der Waals surface area (Å²) in [5, 5.41) is 4.16. The lowest BCUT2D eigenvalue weighted by Gasteiger charge is -2.09. The number of carbonyl (C=O) groups excluding carboxylic acids is 1. The minimum Gasteiger partial charge on any atom is -0.271 e. The van der Waals surface area contributed by atoms with Crippen LogP contribution in [-0.4, -0.2) is 17.7 Å². The summed E-state index contributed by atoms with van der Waals surface area (Å²) in [5.41, 5.74) is 11.2. The molecule has 1 amide bonds. The highest BCUT2D eigenvalue weighted by molar-refractivity contribution is 9.10. The van der Waals surface area contributed by atoms with E-state index < -0.39 is 6.04 Å². The van der Waals surface area contributed by atoms with Crippen molar-refractivity contribution < 1.29 is 9.18 Å². The summed E-state index contributed by atoms with van der Waals surface area (Å²) in [7, 11) is 0. The van der Waals surface area contributed by atoms with Crippen LogP contribution in [0.3, 0.4) is 0 Å². The van der Waals surface area contributed by atoms with Gasteiger partial charge in [0.15, 0.2) is 0 Å². The van der Waals surface area contributed by atoms with Crippen molar-refractivity contribution in [3.8, 4) is 0 Å². The van der Waals surface area contributed by atoms with Gasteiger partial charge < -0.3 is 0 Å². The zero-order chi connectivity index (χ0) is 17.8. The SMILES string of the molecule is C/C(=N/NC(=O)C1CC(c2ccc(F)cc2)NN1)c1ccc(Br)cc1. The van der Waals surface area contributed by atoms with Crippen molar-refractivity contribution in [1.82, 2.24) is 16.3 Å². The predicted molar refractivity (Wildman–Crippen MR) is 98.3 cm³/mol. The molecule has 2 unspecified atom stereocenters.